The lowest BCUT2D eigenvalue weighted by atomic mass is 9.71. The number of halogens is 1. The molecule has 2 rings (SSSR count). The van der Waals surface area contributed by atoms with Gasteiger partial charge in [0.15, 0.2) is 0 Å². The van der Waals surface area contributed by atoms with Crippen LogP contribution in [0, 0.1) is 5.92 Å². The van der Waals surface area contributed by atoms with Crippen LogP contribution < -0.4 is 5.73 Å². The predicted octanol–water partition coefficient (Wildman–Crippen LogP) is 2.60. The zero-order chi connectivity index (χ0) is 13.6. The maximum Gasteiger partial charge on any atom is 0.525 e. The van der Waals surface area contributed by atoms with Gasteiger partial charge in [0.05, 0.1) is 11.2 Å². The van der Waals surface area contributed by atoms with Crippen molar-refractivity contribution in [3.8, 4) is 0 Å². The van der Waals surface area contributed by atoms with Crippen LogP contribution in [-0.2, 0) is 9.31 Å². The molecular weight excluding hydrogens is 232 g/mol. The highest BCUT2D eigenvalue weighted by atomic mass is 19.1. The Morgan fingerprint density at radius 3 is 2.22 bits per heavy atom. The number of rotatable bonds is 3. The normalized spacial score (nSPS) is 29.3. The second-order valence-electron chi connectivity index (χ2n) is 6.39. The molecule has 0 bridgehead atoms. The molecule has 0 amide bonds. The van der Waals surface area contributed by atoms with E-state index in [1.807, 2.05) is 27.7 Å². The molecule has 0 aromatic rings. The highest BCUT2D eigenvalue weighted by molar-refractivity contribution is 6.53. The van der Waals surface area contributed by atoms with Crippen LogP contribution in [0.2, 0.25) is 0 Å². The van der Waals surface area contributed by atoms with Crippen LogP contribution in [0.4, 0.5) is 4.39 Å². The summed E-state index contributed by atoms with van der Waals surface area (Å²) in [6.07, 6.45) is 2.57. The molecule has 0 atom stereocenters. The van der Waals surface area contributed by atoms with Gasteiger partial charge in [-0.05, 0) is 65.0 Å². The van der Waals surface area contributed by atoms with Gasteiger partial charge in [-0.25, -0.2) is 4.39 Å². The average molecular weight is 255 g/mol. The highest BCUT2D eigenvalue weighted by Crippen LogP contribution is 2.43. The molecule has 0 aromatic carbocycles. The Morgan fingerprint density at radius 1 is 1.28 bits per heavy atom. The van der Waals surface area contributed by atoms with Crippen molar-refractivity contribution in [3.05, 3.63) is 11.3 Å². The van der Waals surface area contributed by atoms with Gasteiger partial charge in [-0.2, -0.15) is 0 Å². The average Bonchev–Trinajstić information content (AvgIpc) is 2.40. The molecule has 2 aliphatic rings. The first-order valence-corrected chi connectivity index (χ1v) is 6.70. The molecule has 18 heavy (non-hydrogen) atoms. The van der Waals surface area contributed by atoms with Crippen LogP contribution in [0.5, 0.6) is 0 Å². The van der Waals surface area contributed by atoms with E-state index in [9.17, 15) is 4.39 Å². The topological polar surface area (TPSA) is 44.5 Å². The molecule has 2 fully saturated rings. The molecule has 0 unspecified atom stereocenters. The Morgan fingerprint density at radius 2 is 1.78 bits per heavy atom. The maximum absolute atomic E-state index is 14.3. The second kappa shape index (κ2) is 4.62. The van der Waals surface area contributed by atoms with E-state index in [0.29, 0.717) is 12.5 Å². The smallest absolute Gasteiger partial charge is 0.398 e. The summed E-state index contributed by atoms with van der Waals surface area (Å²) in [7, 11) is -0.830. The Hall–Kier alpha value is -0.385. The largest absolute Gasteiger partial charge is 0.525 e. The van der Waals surface area contributed by atoms with Crippen LogP contribution in [0.3, 0.4) is 0 Å². The molecular formula is C13H23BFNO2. The lowest BCUT2D eigenvalue weighted by molar-refractivity contribution is 0.00578. The third kappa shape index (κ3) is 2.36. The molecule has 2 N–H and O–H groups in total. The fourth-order valence-electron chi connectivity index (χ4n) is 2.39. The summed E-state index contributed by atoms with van der Waals surface area (Å²) in [5.74, 6) is 0.540. The van der Waals surface area contributed by atoms with Crippen LogP contribution in [0.15, 0.2) is 11.3 Å². The van der Waals surface area contributed by atoms with Gasteiger partial charge in [0.25, 0.3) is 0 Å². The summed E-state index contributed by atoms with van der Waals surface area (Å²) in [5.41, 5.74) is 5.16. The lowest BCUT2D eigenvalue weighted by Gasteiger charge is -2.32. The first-order valence-electron chi connectivity index (χ1n) is 6.70. The predicted molar refractivity (Wildman–Crippen MR) is 70.6 cm³/mol. The summed E-state index contributed by atoms with van der Waals surface area (Å²) in [4.78, 5) is 0. The van der Waals surface area contributed by atoms with Crippen molar-refractivity contribution < 1.29 is 13.7 Å². The SMILES string of the molecule is CC1(C)OB(C(F)=C2CC(CCN)C2)OC1(C)C. The molecule has 1 aliphatic carbocycles. The fraction of sp³-hybridized carbons (Fsp3) is 0.846. The van der Waals surface area contributed by atoms with E-state index < -0.39 is 18.3 Å². The molecule has 102 valence electrons. The molecule has 5 heteroatoms. The van der Waals surface area contributed by atoms with Crippen molar-refractivity contribution in [2.45, 2.75) is 58.2 Å². The van der Waals surface area contributed by atoms with Gasteiger partial charge in [0.2, 0.25) is 0 Å². The number of nitrogens with two attached hydrogens (primary N) is 1. The zero-order valence-electron chi connectivity index (χ0n) is 11.8. The third-order valence-electron chi connectivity index (χ3n) is 4.44. The summed E-state index contributed by atoms with van der Waals surface area (Å²) < 4.78 is 25.6. The fourth-order valence-corrected chi connectivity index (χ4v) is 2.39. The summed E-state index contributed by atoms with van der Waals surface area (Å²) in [6.45, 7) is 8.41. The number of hydrogen-bond acceptors (Lipinski definition) is 3. The van der Waals surface area contributed by atoms with Gasteiger partial charge >= 0.3 is 7.12 Å². The Labute approximate surface area is 109 Å². The summed E-state index contributed by atoms with van der Waals surface area (Å²) in [5, 5.41) is 0. The van der Waals surface area contributed by atoms with E-state index in [1.54, 1.807) is 0 Å². The lowest BCUT2D eigenvalue weighted by Crippen LogP contribution is -2.41. The molecule has 0 radical (unpaired) electrons. The van der Waals surface area contributed by atoms with E-state index in [1.165, 1.54) is 0 Å². The monoisotopic (exact) mass is 255 g/mol. The maximum atomic E-state index is 14.3. The second-order valence-corrected chi connectivity index (χ2v) is 6.39. The van der Waals surface area contributed by atoms with Gasteiger partial charge in [-0.15, -0.1) is 0 Å². The summed E-state index contributed by atoms with van der Waals surface area (Å²) in [6, 6.07) is 0. The minimum atomic E-state index is -0.830. The Bertz CT molecular complexity index is 344. The van der Waals surface area contributed by atoms with Crippen LogP contribution >= 0.6 is 0 Å². The van der Waals surface area contributed by atoms with Gasteiger partial charge in [0.1, 0.15) is 5.73 Å². The third-order valence-corrected chi connectivity index (χ3v) is 4.44. The first-order chi connectivity index (χ1) is 8.27. The van der Waals surface area contributed by atoms with Crippen molar-refractivity contribution in [1.82, 2.24) is 0 Å². The van der Waals surface area contributed by atoms with Crippen LogP contribution in [0.1, 0.15) is 47.0 Å². The molecule has 0 spiro atoms. The van der Waals surface area contributed by atoms with Crippen molar-refractivity contribution in [2.75, 3.05) is 6.54 Å². The van der Waals surface area contributed by atoms with Crippen molar-refractivity contribution in [2.24, 2.45) is 11.7 Å². The van der Waals surface area contributed by atoms with Gasteiger partial charge in [-0.3, -0.25) is 0 Å². The van der Waals surface area contributed by atoms with Gasteiger partial charge in [-0.1, -0.05) is 0 Å². The molecule has 1 saturated heterocycles. The van der Waals surface area contributed by atoms with Gasteiger partial charge < -0.3 is 15.0 Å². The van der Waals surface area contributed by atoms with Gasteiger partial charge in [0, 0.05) is 0 Å². The standard InChI is InChI=1S/C13H23BFNO2/c1-12(2)13(3,4)18-14(17-12)11(15)10-7-9(8-10)5-6-16/h9H,5-8,16H2,1-4H3. The van der Waals surface area contributed by atoms with E-state index in [2.05, 4.69) is 0 Å². The zero-order valence-corrected chi connectivity index (χ0v) is 11.8. The highest BCUT2D eigenvalue weighted by Gasteiger charge is 2.53. The first kappa shape index (κ1) is 14.0. The van der Waals surface area contributed by atoms with Crippen molar-refractivity contribution >= 4 is 7.12 Å². The summed E-state index contributed by atoms with van der Waals surface area (Å²) >= 11 is 0. The van der Waals surface area contributed by atoms with E-state index in [0.717, 1.165) is 24.8 Å². The van der Waals surface area contributed by atoms with E-state index in [-0.39, 0.29) is 5.73 Å². The van der Waals surface area contributed by atoms with Crippen molar-refractivity contribution in [3.63, 3.8) is 0 Å². The Kier molecular flexibility index (Phi) is 3.60. The molecule has 1 aliphatic heterocycles. The number of hydrogen-bond donors (Lipinski definition) is 1. The van der Waals surface area contributed by atoms with Crippen LogP contribution in [-0.4, -0.2) is 24.9 Å². The molecule has 3 nitrogen and oxygen atoms in total. The van der Waals surface area contributed by atoms with E-state index in [4.69, 9.17) is 15.0 Å². The van der Waals surface area contributed by atoms with Crippen LogP contribution in [0.25, 0.3) is 0 Å². The molecule has 1 heterocycles. The van der Waals surface area contributed by atoms with Crippen molar-refractivity contribution in [1.29, 1.82) is 0 Å². The Balaban J connectivity index is 2.01. The minimum absolute atomic E-state index is 0.220. The quantitative estimate of drug-likeness (QED) is 0.788. The van der Waals surface area contributed by atoms with E-state index >= 15 is 0 Å². The molecule has 1 saturated carbocycles. The number of allylic oxidation sites excluding steroid dienone is 1. The minimum Gasteiger partial charge on any atom is -0.398 e. The molecule has 0 aromatic heterocycles.